The zero-order valence-electron chi connectivity index (χ0n) is 45.5. The third-order valence-corrected chi connectivity index (χ3v) is 18.9. The van der Waals surface area contributed by atoms with Crippen molar-refractivity contribution in [1.82, 2.24) is 29.7 Å². The molecule has 7 aliphatic heterocycles. The molecule has 4 fully saturated rings. The van der Waals surface area contributed by atoms with Gasteiger partial charge < -0.3 is 64.4 Å². The Hall–Kier alpha value is -6.24. The van der Waals surface area contributed by atoms with E-state index in [0.717, 1.165) is 16.5 Å². The summed E-state index contributed by atoms with van der Waals surface area (Å²) in [6, 6.07) is 9.97. The number of fused-ring (bicyclic) bond motifs is 7. The van der Waals surface area contributed by atoms with Crippen LogP contribution in [-0.2, 0) is 55.4 Å². The molecule has 22 nitrogen and oxygen atoms in total. The number of aliphatic imine (C=N–C) groups is 1. The van der Waals surface area contributed by atoms with Crippen molar-refractivity contribution < 1.29 is 68.4 Å². The third-order valence-electron chi connectivity index (χ3n) is 18.9. The van der Waals surface area contributed by atoms with Crippen molar-refractivity contribution in [2.24, 2.45) is 16.3 Å². The summed E-state index contributed by atoms with van der Waals surface area (Å²) in [6.45, 7) is 8.28. The molecule has 1 amide bonds. The Morgan fingerprint density at radius 2 is 1.77 bits per heavy atom. The van der Waals surface area contributed by atoms with Crippen LogP contribution in [0.3, 0.4) is 0 Å². The molecule has 4 aromatic rings. The highest BCUT2D eigenvalue weighted by atomic mass is 16.6. The number of carbonyl (C=O) groups is 4. The minimum atomic E-state index is -2.53. The average Bonchev–Trinajstić information content (AvgIpc) is 2.65. The van der Waals surface area contributed by atoms with Crippen molar-refractivity contribution in [3.05, 3.63) is 83.0 Å². The van der Waals surface area contributed by atoms with Crippen molar-refractivity contribution in [3.8, 4) is 5.75 Å². The van der Waals surface area contributed by atoms with E-state index in [4.69, 9.17) is 28.8 Å². The number of imidazole rings is 1. The second-order valence-corrected chi connectivity index (χ2v) is 22.8. The van der Waals surface area contributed by atoms with E-state index < -0.39 is 88.1 Å². The molecule has 1 spiro atoms. The third kappa shape index (κ3) is 8.09. The Bertz CT molecular complexity index is 3110. The highest BCUT2D eigenvalue weighted by Crippen LogP contribution is 2.68. The van der Waals surface area contributed by atoms with Crippen LogP contribution in [0, 0.1) is 11.3 Å². The zero-order valence-corrected chi connectivity index (χ0v) is 45.5. The maximum atomic E-state index is 15.3. The summed E-state index contributed by atoms with van der Waals surface area (Å²) < 4.78 is 30.9. The maximum Gasteiger partial charge on any atom is 0.344 e. The van der Waals surface area contributed by atoms with Crippen molar-refractivity contribution in [1.29, 1.82) is 0 Å². The average molecular weight is 1090 g/mol. The second-order valence-electron chi connectivity index (χ2n) is 22.8. The summed E-state index contributed by atoms with van der Waals surface area (Å²) >= 11 is 0. The first-order chi connectivity index (χ1) is 38.0. The Morgan fingerprint density at radius 1 is 0.987 bits per heavy atom. The molecule has 2 bridgehead atoms. The van der Waals surface area contributed by atoms with E-state index in [1.807, 2.05) is 50.3 Å². The van der Waals surface area contributed by atoms with E-state index in [1.165, 1.54) is 45.8 Å². The van der Waals surface area contributed by atoms with E-state index in [2.05, 4.69) is 36.1 Å². The first-order valence-corrected chi connectivity index (χ1v) is 27.4. The van der Waals surface area contributed by atoms with E-state index in [1.54, 1.807) is 10.6 Å². The number of para-hydroxylation sites is 1. The number of esters is 3. The predicted octanol–water partition coefficient (Wildman–Crippen LogP) is 2.34. The van der Waals surface area contributed by atoms with Gasteiger partial charge >= 0.3 is 17.9 Å². The lowest BCUT2D eigenvalue weighted by atomic mass is 9.47. The molecule has 9 heterocycles. The molecule has 79 heavy (non-hydrogen) atoms. The van der Waals surface area contributed by atoms with Crippen LogP contribution in [0.5, 0.6) is 5.75 Å². The molecule has 0 unspecified atom stereocenters. The number of β-amino-alcohol motifs (C(OH)–C–C–N with tert-alkyl or cyclic N) is 1. The first-order valence-electron chi connectivity index (χ1n) is 27.4. The second kappa shape index (κ2) is 20.4. The van der Waals surface area contributed by atoms with Gasteiger partial charge in [-0.1, -0.05) is 44.2 Å². The maximum absolute atomic E-state index is 15.3. The number of hydrogen-bond donors (Lipinski definition) is 7. The molecule has 1 aliphatic carbocycles. The van der Waals surface area contributed by atoms with Crippen LogP contribution >= 0.6 is 0 Å². The van der Waals surface area contributed by atoms with Gasteiger partial charge in [0.2, 0.25) is 12.0 Å². The predicted molar refractivity (Wildman–Crippen MR) is 286 cm³/mol. The van der Waals surface area contributed by atoms with E-state index in [-0.39, 0.29) is 18.9 Å². The molecule has 2 aromatic carbocycles. The number of benzene rings is 2. The molecule has 0 radical (unpaired) electrons. The van der Waals surface area contributed by atoms with Crippen LogP contribution in [0.15, 0.2) is 59.9 Å². The number of anilines is 1. The van der Waals surface area contributed by atoms with Crippen LogP contribution in [0.4, 0.5) is 11.5 Å². The highest BCUT2D eigenvalue weighted by Gasteiger charge is 2.81. The fourth-order valence-corrected chi connectivity index (χ4v) is 15.7. The Labute approximate surface area is 457 Å². The zero-order chi connectivity index (χ0) is 56.0. The molecule has 8 aliphatic rings. The molecule has 7 N–H and O–H groups in total. The van der Waals surface area contributed by atoms with Crippen LogP contribution in [0.25, 0.3) is 10.9 Å². The van der Waals surface area contributed by atoms with Crippen LogP contribution in [0.2, 0.25) is 0 Å². The lowest BCUT2D eigenvalue weighted by molar-refractivity contribution is -0.228. The highest BCUT2D eigenvalue weighted by molar-refractivity contribution is 5.96. The fraction of sp³-hybridized carbons (Fsp3) is 0.579. The van der Waals surface area contributed by atoms with Crippen LogP contribution < -0.4 is 15.0 Å². The summed E-state index contributed by atoms with van der Waals surface area (Å²) in [7, 11) is 4.09. The minimum absolute atomic E-state index is 0.155. The molecule has 14 atom stereocenters. The number of nitrogens with zero attached hydrogens (tertiary/aromatic N) is 6. The summed E-state index contributed by atoms with van der Waals surface area (Å²) in [5, 5.41) is 57.8. The Morgan fingerprint density at radius 3 is 2.47 bits per heavy atom. The number of aliphatic hydroxyl groups is 5. The summed E-state index contributed by atoms with van der Waals surface area (Å²) in [4.78, 5) is 74.5. The standard InChI is InChI=1S/C46H56N4O10.C11H16N4O4/c1-7-42(55)22-28-23-45(40(53)58-5,36-30(14-18-48(24-28)25-42)29-12-9-10-13-33(29)47-36)32-20-31-34(21-35(32)57-4)50(26-51)38-44(31)16-19-49-17-11-15-43(8-2,37(44)49)39(60-27(3)52)46(38,56)41(54)59-6;16-3-8-6(17)1-9(19-8)15-5-14-10-7(18)2-12-4-13-11(10)15/h9-13,15,20-21,26,28,37-39,47,55-56H,7-8,14,16-19,22-25H2,1-6H3;4-9,16-18H,1-3H2,(H,12,13)/t28-,37+,38-,39-,42+,43-,44-,45+,46+;6-,7+,8+,9+/m10/s1. The SMILES string of the molecule is CC[C@]1(O)C[C@H]2C[N@](CCc3c([nH]c4ccccc34)[C@@](C(=O)OC)(c3cc4c(cc3OC)N(C=O)[C@H]3[C@@](O)(C(=O)OC)[C@H](OC(C)=O)[C@]5(CC)C=CCN6CC[C@]43[C@@H]65)C2)C1.OC[C@H]1O[C@@H](n2cnc3c2N=CNC[C@H]3O)C[C@@H]1O. The van der Waals surface area contributed by atoms with Gasteiger partial charge in [0.1, 0.15) is 35.3 Å². The van der Waals surface area contributed by atoms with Crippen molar-refractivity contribution in [2.75, 3.05) is 72.1 Å². The number of piperidine rings is 1. The van der Waals surface area contributed by atoms with Gasteiger partial charge in [-0.05, 0) is 74.2 Å². The monoisotopic (exact) mass is 1090 g/mol. The van der Waals surface area contributed by atoms with Gasteiger partial charge in [-0.3, -0.25) is 28.8 Å². The van der Waals surface area contributed by atoms with Gasteiger partial charge in [0.25, 0.3) is 0 Å². The topological polar surface area (TPSA) is 283 Å². The van der Waals surface area contributed by atoms with Crippen LogP contribution in [-0.4, -0.2) is 189 Å². The van der Waals surface area contributed by atoms with Gasteiger partial charge in [0.05, 0.1) is 64.0 Å². The summed E-state index contributed by atoms with van der Waals surface area (Å²) in [5.41, 5.74) is -2.67. The molecule has 3 saturated heterocycles. The van der Waals surface area contributed by atoms with Crippen molar-refractivity contribution >= 4 is 53.1 Å². The molecule has 1 saturated carbocycles. The molecule has 22 heteroatoms. The number of aliphatic hydroxyl groups excluding tert-OH is 3. The number of ether oxygens (including phenoxy) is 5. The molecule has 424 valence electrons. The molecule has 2 aromatic heterocycles. The van der Waals surface area contributed by atoms with E-state index in [0.29, 0.717) is 124 Å². The van der Waals surface area contributed by atoms with E-state index >= 15 is 4.79 Å². The van der Waals surface area contributed by atoms with Gasteiger partial charge in [-0.25, -0.2) is 14.8 Å². The summed E-state index contributed by atoms with van der Waals surface area (Å²) in [6.07, 6.45) is 6.74. The summed E-state index contributed by atoms with van der Waals surface area (Å²) in [5.74, 6) is -1.56. The lowest BCUT2D eigenvalue weighted by Gasteiger charge is -2.63. The number of rotatable bonds is 10. The first kappa shape index (κ1) is 54.7. The molecular weight excluding hydrogens is 1020 g/mol. The molecule has 12 rings (SSSR count). The van der Waals surface area contributed by atoms with Gasteiger partial charge in [0.15, 0.2) is 11.9 Å². The van der Waals surface area contributed by atoms with Crippen molar-refractivity contribution in [2.45, 2.75) is 130 Å². The smallest absolute Gasteiger partial charge is 0.344 e. The van der Waals surface area contributed by atoms with E-state index in [9.17, 15) is 34.8 Å². The quantitative estimate of drug-likeness (QED) is 0.0519. The number of H-pyrrole nitrogens is 1. The van der Waals surface area contributed by atoms with Crippen molar-refractivity contribution in [3.63, 3.8) is 0 Å². The number of aromatic amines is 1. The number of carbonyl (C=O) groups excluding carboxylic acids is 4. The Kier molecular flexibility index (Phi) is 14.1. The number of methoxy groups -OCH3 is 3. The van der Waals surface area contributed by atoms with Gasteiger partial charge in [-0.15, -0.1) is 0 Å². The number of aromatic nitrogens is 3. The normalized spacial score (nSPS) is 35.8. The number of hydrogen-bond acceptors (Lipinski definition) is 19. The lowest BCUT2D eigenvalue weighted by Crippen LogP contribution is -2.81. The van der Waals surface area contributed by atoms with Gasteiger partial charge in [0, 0.05) is 91.2 Å². The fourth-order valence-electron chi connectivity index (χ4n) is 15.7. The van der Waals surface area contributed by atoms with Gasteiger partial charge in [-0.2, -0.15) is 0 Å². The number of amides is 1. The largest absolute Gasteiger partial charge is 0.496 e. The Balaban J connectivity index is 0.000000291. The number of nitrogens with one attached hydrogen (secondary N) is 2. The minimum Gasteiger partial charge on any atom is -0.496 e. The molecular formula is C57H72N8O14. The van der Waals surface area contributed by atoms with Crippen LogP contribution in [0.1, 0.15) is 99.7 Å².